The fourth-order valence-corrected chi connectivity index (χ4v) is 4.66. The molecule has 126 valence electrons. The maximum absolute atomic E-state index is 13.0. The van der Waals surface area contributed by atoms with Crippen molar-refractivity contribution < 1.29 is 8.42 Å². The molecule has 4 heteroatoms. The molecular weight excluding hydrogens is 318 g/mol. The lowest BCUT2D eigenvalue weighted by Crippen LogP contribution is -2.36. The fraction of sp³-hybridized carbons (Fsp3) is 0.300. The van der Waals surface area contributed by atoms with Gasteiger partial charge in [-0.3, -0.25) is 0 Å². The Morgan fingerprint density at radius 3 is 2.08 bits per heavy atom. The Morgan fingerprint density at radius 1 is 0.875 bits per heavy atom. The van der Waals surface area contributed by atoms with E-state index in [2.05, 4.69) is 4.72 Å². The topological polar surface area (TPSA) is 46.2 Å². The molecule has 2 aromatic carbocycles. The fourth-order valence-electron chi connectivity index (χ4n) is 3.12. The number of nitrogens with one attached hydrogen (secondary N) is 1. The summed E-state index contributed by atoms with van der Waals surface area (Å²) in [6.45, 7) is 0. The molecule has 0 spiro atoms. The third-order valence-electron chi connectivity index (χ3n) is 4.37. The summed E-state index contributed by atoms with van der Waals surface area (Å²) in [5.41, 5.74) is 1.59. The lowest BCUT2D eigenvalue weighted by atomic mass is 9.96. The molecule has 0 aromatic heterocycles. The zero-order valence-corrected chi connectivity index (χ0v) is 14.5. The molecule has 24 heavy (non-hydrogen) atoms. The highest BCUT2D eigenvalue weighted by Gasteiger charge is 2.24. The van der Waals surface area contributed by atoms with Crippen LogP contribution in [0.4, 0.5) is 0 Å². The summed E-state index contributed by atoms with van der Waals surface area (Å²) < 4.78 is 29.0. The summed E-state index contributed by atoms with van der Waals surface area (Å²) in [6.07, 6.45) is 6.98. The van der Waals surface area contributed by atoms with Gasteiger partial charge in [0.1, 0.15) is 0 Å². The van der Waals surface area contributed by atoms with E-state index < -0.39 is 10.0 Å². The number of hydrogen-bond donors (Lipinski definition) is 1. The molecule has 0 atom stereocenters. The Balaban J connectivity index is 1.96. The van der Waals surface area contributed by atoms with E-state index in [1.165, 1.54) is 6.42 Å². The summed E-state index contributed by atoms with van der Waals surface area (Å²) in [5, 5.41) is 0. The lowest BCUT2D eigenvalue weighted by Gasteiger charge is -2.23. The largest absolute Gasteiger partial charge is 0.241 e. The zero-order chi connectivity index (χ0) is 16.8. The molecule has 0 bridgehead atoms. The molecule has 3 rings (SSSR count). The van der Waals surface area contributed by atoms with E-state index in [0.29, 0.717) is 10.5 Å². The van der Waals surface area contributed by atoms with Crippen LogP contribution in [0.5, 0.6) is 0 Å². The second kappa shape index (κ2) is 7.77. The number of benzene rings is 2. The third kappa shape index (κ3) is 4.34. The second-order valence-electron chi connectivity index (χ2n) is 6.24. The van der Waals surface area contributed by atoms with Gasteiger partial charge in [-0.1, -0.05) is 79.9 Å². The van der Waals surface area contributed by atoms with Crippen LogP contribution in [0.25, 0.3) is 11.0 Å². The monoisotopic (exact) mass is 341 g/mol. The minimum atomic E-state index is -3.56. The van der Waals surface area contributed by atoms with Gasteiger partial charge in [-0.2, -0.15) is 0 Å². The van der Waals surface area contributed by atoms with Crippen LogP contribution >= 0.6 is 0 Å². The van der Waals surface area contributed by atoms with Crippen LogP contribution in [0.2, 0.25) is 0 Å². The van der Waals surface area contributed by atoms with Crippen molar-refractivity contribution in [2.45, 2.75) is 38.1 Å². The van der Waals surface area contributed by atoms with Crippen molar-refractivity contribution in [1.82, 2.24) is 4.72 Å². The van der Waals surface area contributed by atoms with E-state index in [1.54, 1.807) is 6.08 Å². The van der Waals surface area contributed by atoms with E-state index >= 15 is 0 Å². The average Bonchev–Trinajstić information content (AvgIpc) is 2.62. The normalized spacial score (nSPS) is 16.9. The first-order chi connectivity index (χ1) is 11.6. The van der Waals surface area contributed by atoms with Crippen LogP contribution in [-0.4, -0.2) is 14.5 Å². The van der Waals surface area contributed by atoms with Gasteiger partial charge in [0.25, 0.3) is 0 Å². The van der Waals surface area contributed by atoms with Crippen molar-refractivity contribution in [3.63, 3.8) is 0 Å². The molecule has 0 radical (unpaired) electrons. The average molecular weight is 341 g/mol. The second-order valence-corrected chi connectivity index (χ2v) is 7.92. The molecule has 0 aliphatic heterocycles. The Hall–Kier alpha value is -1.91. The smallest absolute Gasteiger partial charge is 0.208 e. The highest BCUT2D eigenvalue weighted by atomic mass is 32.2. The van der Waals surface area contributed by atoms with E-state index in [0.717, 1.165) is 31.2 Å². The molecule has 1 N–H and O–H groups in total. The van der Waals surface area contributed by atoms with E-state index in [-0.39, 0.29) is 6.04 Å². The van der Waals surface area contributed by atoms with Crippen LogP contribution in [0, 0.1) is 0 Å². The molecule has 1 aliphatic carbocycles. The predicted molar refractivity (Wildman–Crippen MR) is 99.7 cm³/mol. The molecule has 1 aliphatic rings. The van der Waals surface area contributed by atoms with E-state index in [1.807, 2.05) is 60.7 Å². The quantitative estimate of drug-likeness (QED) is 0.817. The molecule has 1 fully saturated rings. The molecule has 3 nitrogen and oxygen atoms in total. The first-order valence-electron chi connectivity index (χ1n) is 8.50. The van der Waals surface area contributed by atoms with Gasteiger partial charge in [-0.15, -0.1) is 0 Å². The van der Waals surface area contributed by atoms with Gasteiger partial charge in [-0.05, 0) is 30.0 Å². The van der Waals surface area contributed by atoms with Crippen molar-refractivity contribution in [2.75, 3.05) is 0 Å². The molecular formula is C20H23NO2S. The van der Waals surface area contributed by atoms with Crippen molar-refractivity contribution in [2.24, 2.45) is 0 Å². The van der Waals surface area contributed by atoms with Gasteiger partial charge in [0, 0.05) is 6.04 Å². The van der Waals surface area contributed by atoms with Gasteiger partial charge in [0.15, 0.2) is 0 Å². The van der Waals surface area contributed by atoms with Gasteiger partial charge in [0.05, 0.1) is 4.91 Å². The summed E-state index contributed by atoms with van der Waals surface area (Å²) in [4.78, 5) is 0.333. The van der Waals surface area contributed by atoms with Gasteiger partial charge in [-0.25, -0.2) is 13.1 Å². The molecule has 1 saturated carbocycles. The lowest BCUT2D eigenvalue weighted by molar-refractivity contribution is 0.414. The first kappa shape index (κ1) is 16.9. The summed E-state index contributed by atoms with van der Waals surface area (Å²) in [5.74, 6) is 0. The number of sulfonamides is 1. The van der Waals surface area contributed by atoms with E-state index in [9.17, 15) is 8.42 Å². The SMILES string of the molecule is O=S(=O)(NC1CCCCC1)/C(=C/c1ccccc1)c1ccccc1. The Labute approximate surface area is 144 Å². The molecule has 0 saturated heterocycles. The highest BCUT2D eigenvalue weighted by Crippen LogP contribution is 2.26. The summed E-state index contributed by atoms with van der Waals surface area (Å²) >= 11 is 0. The van der Waals surface area contributed by atoms with Gasteiger partial charge < -0.3 is 0 Å². The molecule has 0 unspecified atom stereocenters. The van der Waals surface area contributed by atoms with Crippen molar-refractivity contribution in [1.29, 1.82) is 0 Å². The Kier molecular flexibility index (Phi) is 5.48. The first-order valence-corrected chi connectivity index (χ1v) is 9.98. The number of hydrogen-bond acceptors (Lipinski definition) is 2. The van der Waals surface area contributed by atoms with Crippen LogP contribution in [-0.2, 0) is 10.0 Å². The molecule has 0 heterocycles. The standard InChI is InChI=1S/C20H23NO2S/c22-24(23,21-19-14-8-3-9-15-19)20(18-12-6-2-7-13-18)16-17-10-4-1-5-11-17/h1-2,4-7,10-13,16,19,21H,3,8-9,14-15H2/b20-16+. The Morgan fingerprint density at radius 2 is 1.46 bits per heavy atom. The highest BCUT2D eigenvalue weighted by molar-refractivity contribution is 7.99. The maximum atomic E-state index is 13.0. The number of rotatable bonds is 5. The summed E-state index contributed by atoms with van der Waals surface area (Å²) in [6, 6.07) is 18.9. The maximum Gasteiger partial charge on any atom is 0.241 e. The predicted octanol–water partition coefficient (Wildman–Crippen LogP) is 4.44. The van der Waals surface area contributed by atoms with Crippen LogP contribution in [0.15, 0.2) is 60.7 Å². The molecule has 2 aromatic rings. The van der Waals surface area contributed by atoms with Gasteiger partial charge in [0.2, 0.25) is 10.0 Å². The Bertz CT molecular complexity index is 777. The minimum Gasteiger partial charge on any atom is -0.208 e. The van der Waals surface area contributed by atoms with Crippen LogP contribution < -0.4 is 4.72 Å². The van der Waals surface area contributed by atoms with Crippen LogP contribution in [0.3, 0.4) is 0 Å². The van der Waals surface area contributed by atoms with E-state index in [4.69, 9.17) is 0 Å². The van der Waals surface area contributed by atoms with Crippen molar-refractivity contribution >= 4 is 21.0 Å². The minimum absolute atomic E-state index is 0.0478. The third-order valence-corrected chi connectivity index (χ3v) is 5.95. The van der Waals surface area contributed by atoms with Crippen molar-refractivity contribution in [3.05, 3.63) is 71.8 Å². The van der Waals surface area contributed by atoms with Crippen molar-refractivity contribution in [3.8, 4) is 0 Å². The summed E-state index contributed by atoms with van der Waals surface area (Å²) in [7, 11) is -3.56. The molecule has 0 amide bonds. The zero-order valence-electron chi connectivity index (χ0n) is 13.7. The van der Waals surface area contributed by atoms with Crippen LogP contribution in [0.1, 0.15) is 43.2 Å². The van der Waals surface area contributed by atoms with Gasteiger partial charge >= 0.3 is 0 Å².